The number of rotatable bonds is 6. The molecule has 3 aromatic rings. The van der Waals surface area contributed by atoms with Crippen LogP contribution in [0.25, 0.3) is 11.4 Å². The molecule has 1 saturated heterocycles. The molecule has 2 aromatic heterocycles. The third kappa shape index (κ3) is 3.84. The van der Waals surface area contributed by atoms with E-state index in [9.17, 15) is 0 Å². The second kappa shape index (κ2) is 7.80. The van der Waals surface area contributed by atoms with E-state index in [1.807, 2.05) is 25.8 Å². The molecule has 136 valence electrons. The first-order valence-corrected chi connectivity index (χ1v) is 9.05. The molecule has 1 aliphatic heterocycles. The van der Waals surface area contributed by atoms with Crippen molar-refractivity contribution in [1.82, 2.24) is 30.0 Å². The Hall–Kier alpha value is -2.51. The van der Waals surface area contributed by atoms with Gasteiger partial charge in [-0.25, -0.2) is 9.97 Å². The maximum atomic E-state index is 6.02. The number of ether oxygens (including phenoxy) is 1. The predicted molar refractivity (Wildman–Crippen MR) is 98.2 cm³/mol. The van der Waals surface area contributed by atoms with Gasteiger partial charge in [0.25, 0.3) is 0 Å². The van der Waals surface area contributed by atoms with Crippen LogP contribution in [0.2, 0.25) is 0 Å². The number of hydrogen-bond acceptors (Lipinski definition) is 5. The van der Waals surface area contributed by atoms with Gasteiger partial charge in [0.1, 0.15) is 5.82 Å². The Bertz CT molecular complexity index is 811. The smallest absolute Gasteiger partial charge is 0.181 e. The van der Waals surface area contributed by atoms with Gasteiger partial charge in [-0.3, -0.25) is 5.10 Å². The number of aromatic amines is 1. The van der Waals surface area contributed by atoms with Gasteiger partial charge in [0.05, 0.1) is 19.0 Å². The highest BCUT2D eigenvalue weighted by Crippen LogP contribution is 2.33. The maximum absolute atomic E-state index is 6.02. The molecule has 0 aliphatic carbocycles. The van der Waals surface area contributed by atoms with Crippen LogP contribution < -0.4 is 5.32 Å². The number of imidazole rings is 1. The van der Waals surface area contributed by atoms with Crippen molar-refractivity contribution in [2.24, 2.45) is 5.92 Å². The van der Waals surface area contributed by atoms with E-state index in [2.05, 4.69) is 54.3 Å². The fourth-order valence-corrected chi connectivity index (χ4v) is 3.47. The van der Waals surface area contributed by atoms with E-state index in [4.69, 9.17) is 4.74 Å². The second-order valence-electron chi connectivity index (χ2n) is 6.77. The molecule has 1 aromatic carbocycles. The molecule has 3 heterocycles. The predicted octanol–water partition coefficient (Wildman–Crippen LogP) is 2.56. The number of aromatic nitrogens is 5. The fraction of sp³-hybridized carbons (Fsp3) is 0.421. The first kappa shape index (κ1) is 16.9. The van der Waals surface area contributed by atoms with Gasteiger partial charge in [-0.1, -0.05) is 24.3 Å². The van der Waals surface area contributed by atoms with Crippen molar-refractivity contribution < 1.29 is 4.74 Å². The Balaban J connectivity index is 1.42. The summed E-state index contributed by atoms with van der Waals surface area (Å²) in [5.41, 5.74) is 2.23. The van der Waals surface area contributed by atoms with Gasteiger partial charge in [-0.15, -0.1) is 0 Å². The number of H-pyrrole nitrogens is 1. The molecule has 2 N–H and O–H groups in total. The summed E-state index contributed by atoms with van der Waals surface area (Å²) in [6.45, 7) is 2.49. The Morgan fingerprint density at radius 1 is 1.31 bits per heavy atom. The average Bonchev–Trinajstić information content (AvgIpc) is 3.35. The normalized spacial score (nSPS) is 20.3. The maximum Gasteiger partial charge on any atom is 0.181 e. The van der Waals surface area contributed by atoms with Crippen LogP contribution in [0.15, 0.2) is 43.0 Å². The fourth-order valence-electron chi connectivity index (χ4n) is 3.47. The molecule has 0 radical (unpaired) electrons. The Labute approximate surface area is 152 Å². The van der Waals surface area contributed by atoms with Gasteiger partial charge in [0.2, 0.25) is 0 Å². The van der Waals surface area contributed by atoms with Crippen LogP contribution in [-0.2, 0) is 17.8 Å². The number of hydrogen-bond donors (Lipinski definition) is 2. The molecule has 2 unspecified atom stereocenters. The molecule has 7 nitrogen and oxygen atoms in total. The minimum Gasteiger partial charge on any atom is -0.374 e. The third-order valence-corrected chi connectivity index (χ3v) is 4.84. The molecule has 2 atom stereocenters. The van der Waals surface area contributed by atoms with Crippen molar-refractivity contribution in [2.75, 3.05) is 13.7 Å². The van der Waals surface area contributed by atoms with Crippen molar-refractivity contribution in [1.29, 1.82) is 0 Å². The monoisotopic (exact) mass is 352 g/mol. The van der Waals surface area contributed by atoms with Crippen LogP contribution in [0.4, 0.5) is 0 Å². The Morgan fingerprint density at radius 3 is 2.96 bits per heavy atom. The summed E-state index contributed by atoms with van der Waals surface area (Å²) >= 11 is 0. The minimum absolute atomic E-state index is 0.151. The second-order valence-corrected chi connectivity index (χ2v) is 6.77. The summed E-state index contributed by atoms with van der Waals surface area (Å²) in [7, 11) is 1.89. The van der Waals surface area contributed by atoms with Gasteiger partial charge in [-0.2, -0.15) is 5.10 Å². The summed E-state index contributed by atoms with van der Waals surface area (Å²) in [4.78, 5) is 8.63. The van der Waals surface area contributed by atoms with Crippen molar-refractivity contribution in [3.63, 3.8) is 0 Å². The van der Waals surface area contributed by atoms with E-state index in [-0.39, 0.29) is 6.10 Å². The van der Waals surface area contributed by atoms with E-state index in [0.29, 0.717) is 12.5 Å². The zero-order valence-electron chi connectivity index (χ0n) is 14.9. The van der Waals surface area contributed by atoms with Gasteiger partial charge < -0.3 is 14.6 Å². The topological polar surface area (TPSA) is 80.7 Å². The summed E-state index contributed by atoms with van der Waals surface area (Å²) in [5.74, 6) is 2.17. The van der Waals surface area contributed by atoms with Crippen LogP contribution in [0.3, 0.4) is 0 Å². The molecule has 7 heteroatoms. The van der Waals surface area contributed by atoms with Gasteiger partial charge in [0.15, 0.2) is 5.82 Å². The van der Waals surface area contributed by atoms with Crippen molar-refractivity contribution >= 4 is 0 Å². The SMILES string of the molecule is CNCc1nc(-c2ccc(C3CC(Cn4ccnc4)CCO3)cc2)n[nH]1. The molecule has 1 fully saturated rings. The van der Waals surface area contributed by atoms with Crippen LogP contribution in [0.5, 0.6) is 0 Å². The van der Waals surface area contributed by atoms with Crippen LogP contribution >= 0.6 is 0 Å². The van der Waals surface area contributed by atoms with E-state index in [0.717, 1.165) is 43.2 Å². The standard InChI is InChI=1S/C19H24N6O/c1-20-11-18-22-19(24-23-18)16-4-2-15(3-5-16)17-10-14(6-9-26-17)12-25-8-7-21-13-25/h2-5,7-8,13-14,17,20H,6,9-12H2,1H3,(H,22,23,24). The molecule has 0 amide bonds. The van der Waals surface area contributed by atoms with Crippen molar-refractivity contribution in [2.45, 2.75) is 32.0 Å². The lowest BCUT2D eigenvalue weighted by Crippen LogP contribution is -2.23. The highest BCUT2D eigenvalue weighted by molar-refractivity contribution is 5.55. The van der Waals surface area contributed by atoms with Crippen LogP contribution in [0, 0.1) is 5.92 Å². The highest BCUT2D eigenvalue weighted by atomic mass is 16.5. The summed E-state index contributed by atoms with van der Waals surface area (Å²) in [6, 6.07) is 8.41. The molecule has 0 saturated carbocycles. The molecule has 0 spiro atoms. The zero-order chi connectivity index (χ0) is 17.8. The lowest BCUT2D eigenvalue weighted by molar-refractivity contribution is -0.0138. The quantitative estimate of drug-likeness (QED) is 0.713. The highest BCUT2D eigenvalue weighted by Gasteiger charge is 2.24. The van der Waals surface area contributed by atoms with E-state index >= 15 is 0 Å². The lowest BCUT2D eigenvalue weighted by Gasteiger charge is -2.30. The summed E-state index contributed by atoms with van der Waals surface area (Å²) in [6.07, 6.45) is 8.03. The largest absolute Gasteiger partial charge is 0.374 e. The average molecular weight is 352 g/mol. The molecule has 26 heavy (non-hydrogen) atoms. The lowest BCUT2D eigenvalue weighted by atomic mass is 9.91. The Morgan fingerprint density at radius 2 is 2.19 bits per heavy atom. The minimum atomic E-state index is 0.151. The van der Waals surface area contributed by atoms with E-state index in [1.54, 1.807) is 0 Å². The van der Waals surface area contributed by atoms with Gasteiger partial charge >= 0.3 is 0 Å². The van der Waals surface area contributed by atoms with E-state index < -0.39 is 0 Å². The molecular formula is C19H24N6O. The van der Waals surface area contributed by atoms with Crippen molar-refractivity contribution in [3.8, 4) is 11.4 Å². The summed E-state index contributed by atoms with van der Waals surface area (Å²) < 4.78 is 8.18. The van der Waals surface area contributed by atoms with Gasteiger partial charge in [0, 0.05) is 31.1 Å². The van der Waals surface area contributed by atoms with Crippen LogP contribution in [0.1, 0.15) is 30.3 Å². The van der Waals surface area contributed by atoms with Crippen molar-refractivity contribution in [3.05, 3.63) is 54.4 Å². The van der Waals surface area contributed by atoms with E-state index in [1.165, 1.54) is 5.56 Å². The third-order valence-electron chi connectivity index (χ3n) is 4.84. The first-order valence-electron chi connectivity index (χ1n) is 9.05. The first-order chi connectivity index (χ1) is 12.8. The molecular weight excluding hydrogens is 328 g/mol. The number of nitrogens with zero attached hydrogens (tertiary/aromatic N) is 4. The number of benzene rings is 1. The molecule has 4 rings (SSSR count). The Kier molecular flexibility index (Phi) is 5.08. The van der Waals surface area contributed by atoms with Crippen LogP contribution in [-0.4, -0.2) is 38.4 Å². The van der Waals surface area contributed by atoms with Gasteiger partial charge in [-0.05, 0) is 31.4 Å². The zero-order valence-corrected chi connectivity index (χ0v) is 14.9. The number of nitrogens with one attached hydrogen (secondary N) is 2. The molecule has 0 bridgehead atoms. The molecule has 1 aliphatic rings. The summed E-state index contributed by atoms with van der Waals surface area (Å²) in [5, 5.41) is 10.3.